The van der Waals surface area contributed by atoms with Crippen LogP contribution in [0, 0.1) is 0 Å². The molecule has 1 aromatic heterocycles. The average Bonchev–Trinajstić information content (AvgIpc) is 2.86. The highest BCUT2D eigenvalue weighted by molar-refractivity contribution is 9.10. The summed E-state index contributed by atoms with van der Waals surface area (Å²) >= 11 is 15.9. The Kier molecular flexibility index (Phi) is 4.71. The van der Waals surface area contributed by atoms with Crippen LogP contribution in [0.1, 0.15) is 10.4 Å². The summed E-state index contributed by atoms with van der Waals surface area (Å²) in [5.74, 6) is 0.120. The molecule has 0 radical (unpaired) electrons. The Hall–Kier alpha value is -1.76. The first-order valence-electron chi connectivity index (χ1n) is 6.87. The van der Waals surface area contributed by atoms with Gasteiger partial charge in [-0.25, -0.2) is 9.78 Å². The monoisotopic (exact) mass is 427 g/mol. The maximum absolute atomic E-state index is 11.8. The minimum absolute atomic E-state index is 0.414. The van der Waals surface area contributed by atoms with Crippen molar-refractivity contribution in [3.05, 3.63) is 50.4 Å². The number of aromatic nitrogens is 2. The van der Waals surface area contributed by atoms with Gasteiger partial charge in [-0.05, 0) is 40.2 Å². The van der Waals surface area contributed by atoms with Crippen molar-refractivity contribution in [3.8, 4) is 0 Å². The molecule has 0 atom stereocenters. The second-order valence-corrected chi connectivity index (χ2v) is 6.70. The summed E-state index contributed by atoms with van der Waals surface area (Å²) in [5, 5.41) is 4.12. The fraction of sp³-hybridized carbons (Fsp3) is 0.125. The maximum atomic E-state index is 11.8. The SMILES string of the molecule is COC(=O)c1cc(Br)c2c(c1)nc(Nc1c(Cl)cccc1Cl)n2C. The number of carbonyl (C=O) groups is 1. The van der Waals surface area contributed by atoms with Gasteiger partial charge >= 0.3 is 5.97 Å². The van der Waals surface area contributed by atoms with E-state index in [-0.39, 0.29) is 0 Å². The zero-order valence-corrected chi connectivity index (χ0v) is 15.8. The van der Waals surface area contributed by atoms with Crippen molar-refractivity contribution in [1.29, 1.82) is 0 Å². The van der Waals surface area contributed by atoms with Gasteiger partial charge < -0.3 is 14.6 Å². The third-order valence-electron chi connectivity index (χ3n) is 3.54. The van der Waals surface area contributed by atoms with E-state index in [1.807, 2.05) is 11.6 Å². The van der Waals surface area contributed by atoms with E-state index in [0.717, 1.165) is 9.99 Å². The zero-order chi connectivity index (χ0) is 17.4. The number of esters is 1. The predicted octanol–water partition coefficient (Wildman–Crippen LogP) is 5.17. The van der Waals surface area contributed by atoms with Gasteiger partial charge in [-0.2, -0.15) is 0 Å². The Labute approximate surface area is 156 Å². The summed E-state index contributed by atoms with van der Waals surface area (Å²) in [6, 6.07) is 8.62. The molecule has 0 fully saturated rings. The number of methoxy groups -OCH3 is 1. The largest absolute Gasteiger partial charge is 0.465 e. The quantitative estimate of drug-likeness (QED) is 0.584. The van der Waals surface area contributed by atoms with Gasteiger partial charge in [0.2, 0.25) is 5.95 Å². The molecule has 8 heteroatoms. The minimum Gasteiger partial charge on any atom is -0.465 e. The van der Waals surface area contributed by atoms with Crippen LogP contribution in [0.4, 0.5) is 11.6 Å². The summed E-state index contributed by atoms with van der Waals surface area (Å²) in [7, 11) is 3.19. The molecular formula is C16H12BrCl2N3O2. The van der Waals surface area contributed by atoms with Gasteiger partial charge in [0.25, 0.3) is 0 Å². The van der Waals surface area contributed by atoms with Crippen molar-refractivity contribution >= 4 is 67.8 Å². The van der Waals surface area contributed by atoms with Crippen molar-refractivity contribution in [1.82, 2.24) is 9.55 Å². The van der Waals surface area contributed by atoms with E-state index >= 15 is 0 Å². The molecule has 5 nitrogen and oxygen atoms in total. The molecule has 2 aromatic carbocycles. The molecule has 0 aliphatic heterocycles. The van der Waals surface area contributed by atoms with Crippen molar-refractivity contribution in [2.24, 2.45) is 7.05 Å². The molecule has 24 heavy (non-hydrogen) atoms. The molecule has 0 bridgehead atoms. The van der Waals surface area contributed by atoms with E-state index in [1.54, 1.807) is 30.3 Å². The number of hydrogen-bond donors (Lipinski definition) is 1. The van der Waals surface area contributed by atoms with Gasteiger partial charge in [-0.1, -0.05) is 29.3 Å². The third-order valence-corrected chi connectivity index (χ3v) is 4.78. The normalized spacial score (nSPS) is 10.9. The van der Waals surface area contributed by atoms with E-state index in [0.29, 0.717) is 32.8 Å². The lowest BCUT2D eigenvalue weighted by Crippen LogP contribution is -2.01. The topological polar surface area (TPSA) is 56.1 Å². The zero-order valence-electron chi connectivity index (χ0n) is 12.7. The van der Waals surface area contributed by atoms with E-state index in [9.17, 15) is 4.79 Å². The molecule has 124 valence electrons. The van der Waals surface area contributed by atoms with Crippen LogP contribution in [0.5, 0.6) is 0 Å². The number of nitrogens with zero attached hydrogens (tertiary/aromatic N) is 2. The van der Waals surface area contributed by atoms with E-state index in [4.69, 9.17) is 27.9 Å². The summed E-state index contributed by atoms with van der Waals surface area (Å²) in [6.45, 7) is 0. The Balaban J connectivity index is 2.12. The number of rotatable bonds is 3. The van der Waals surface area contributed by atoms with Crippen LogP contribution in [0.3, 0.4) is 0 Å². The molecule has 3 aromatic rings. The summed E-state index contributed by atoms with van der Waals surface area (Å²) in [5.41, 5.74) is 2.45. The Morgan fingerprint density at radius 3 is 2.58 bits per heavy atom. The number of carbonyl (C=O) groups excluding carboxylic acids is 1. The van der Waals surface area contributed by atoms with E-state index in [2.05, 4.69) is 26.2 Å². The molecule has 1 heterocycles. The van der Waals surface area contributed by atoms with Crippen LogP contribution >= 0.6 is 39.1 Å². The predicted molar refractivity (Wildman–Crippen MR) is 99.5 cm³/mol. The Morgan fingerprint density at radius 2 is 1.96 bits per heavy atom. The molecule has 0 saturated carbocycles. The first-order chi connectivity index (χ1) is 11.4. The lowest BCUT2D eigenvalue weighted by atomic mass is 10.2. The number of halogens is 3. The first-order valence-corrected chi connectivity index (χ1v) is 8.42. The van der Waals surface area contributed by atoms with Crippen LogP contribution < -0.4 is 5.32 Å². The fourth-order valence-corrected chi connectivity index (χ4v) is 3.58. The fourth-order valence-electron chi connectivity index (χ4n) is 2.37. The van der Waals surface area contributed by atoms with Crippen molar-refractivity contribution in [2.45, 2.75) is 0 Å². The molecule has 0 aliphatic carbocycles. The van der Waals surface area contributed by atoms with Gasteiger partial charge in [0, 0.05) is 11.5 Å². The van der Waals surface area contributed by atoms with Gasteiger partial charge in [0.05, 0.1) is 39.4 Å². The summed E-state index contributed by atoms with van der Waals surface area (Å²) in [4.78, 5) is 16.3. The van der Waals surface area contributed by atoms with Crippen LogP contribution in [0.2, 0.25) is 10.0 Å². The number of anilines is 2. The van der Waals surface area contributed by atoms with Crippen LogP contribution in [-0.2, 0) is 11.8 Å². The van der Waals surface area contributed by atoms with E-state index < -0.39 is 5.97 Å². The standard InChI is InChI=1S/C16H12BrCl2N3O2/c1-22-14-9(17)6-8(15(23)24-2)7-12(14)20-16(22)21-13-10(18)4-3-5-11(13)19/h3-7H,1-2H3,(H,20,21). The molecule has 3 rings (SSSR count). The first kappa shape index (κ1) is 17.1. The van der Waals surface area contributed by atoms with Crippen LogP contribution in [0.25, 0.3) is 11.0 Å². The number of para-hydroxylation sites is 1. The lowest BCUT2D eigenvalue weighted by Gasteiger charge is -2.10. The highest BCUT2D eigenvalue weighted by Crippen LogP contribution is 2.34. The Bertz CT molecular complexity index is 936. The second kappa shape index (κ2) is 6.63. The molecular weight excluding hydrogens is 417 g/mol. The average molecular weight is 429 g/mol. The molecule has 0 saturated heterocycles. The van der Waals surface area contributed by atoms with Gasteiger partial charge in [-0.15, -0.1) is 0 Å². The number of fused-ring (bicyclic) bond motifs is 1. The number of aryl methyl sites for hydroxylation is 1. The van der Waals surface area contributed by atoms with Crippen molar-refractivity contribution in [2.75, 3.05) is 12.4 Å². The smallest absolute Gasteiger partial charge is 0.337 e. The number of imidazole rings is 1. The number of ether oxygens (including phenoxy) is 1. The van der Waals surface area contributed by atoms with Crippen LogP contribution in [0.15, 0.2) is 34.8 Å². The third kappa shape index (κ3) is 2.97. The molecule has 0 spiro atoms. The molecule has 0 amide bonds. The van der Waals surface area contributed by atoms with Gasteiger partial charge in [0.1, 0.15) is 0 Å². The molecule has 0 unspecified atom stereocenters. The summed E-state index contributed by atoms with van der Waals surface area (Å²) in [6.07, 6.45) is 0. The second-order valence-electron chi connectivity index (χ2n) is 5.03. The summed E-state index contributed by atoms with van der Waals surface area (Å²) < 4.78 is 7.34. The van der Waals surface area contributed by atoms with Crippen LogP contribution in [-0.4, -0.2) is 22.6 Å². The Morgan fingerprint density at radius 1 is 1.29 bits per heavy atom. The highest BCUT2D eigenvalue weighted by atomic mass is 79.9. The van der Waals surface area contributed by atoms with Crippen molar-refractivity contribution < 1.29 is 9.53 Å². The minimum atomic E-state index is -0.424. The number of nitrogens with one attached hydrogen (secondary N) is 1. The number of hydrogen-bond acceptors (Lipinski definition) is 4. The van der Waals surface area contributed by atoms with Gasteiger partial charge in [0.15, 0.2) is 0 Å². The highest BCUT2D eigenvalue weighted by Gasteiger charge is 2.17. The van der Waals surface area contributed by atoms with Gasteiger partial charge in [-0.3, -0.25) is 0 Å². The van der Waals surface area contributed by atoms with Crippen molar-refractivity contribution in [3.63, 3.8) is 0 Å². The van der Waals surface area contributed by atoms with E-state index in [1.165, 1.54) is 7.11 Å². The molecule has 0 aliphatic rings. The maximum Gasteiger partial charge on any atom is 0.337 e. The number of benzene rings is 2. The lowest BCUT2D eigenvalue weighted by molar-refractivity contribution is 0.0601. The molecule has 1 N–H and O–H groups in total.